The Morgan fingerprint density at radius 3 is 2.71 bits per heavy atom. The summed E-state index contributed by atoms with van der Waals surface area (Å²) in [6.07, 6.45) is 2.21. The van der Waals surface area contributed by atoms with Gasteiger partial charge in [0, 0.05) is 25.0 Å². The van der Waals surface area contributed by atoms with Crippen LogP contribution in [-0.2, 0) is 6.54 Å². The number of anilines is 1. The van der Waals surface area contributed by atoms with Gasteiger partial charge in [-0.3, -0.25) is 4.68 Å². The molecule has 2 aromatic rings. The van der Waals surface area contributed by atoms with Crippen LogP contribution >= 0.6 is 0 Å². The summed E-state index contributed by atoms with van der Waals surface area (Å²) in [7, 11) is 0. The number of carboxylic acid groups (broad SMARTS) is 1. The van der Waals surface area contributed by atoms with Crippen LogP contribution in [0.2, 0.25) is 0 Å². The average Bonchev–Trinajstić information content (AvgIpc) is 2.73. The van der Waals surface area contributed by atoms with Gasteiger partial charge in [0.2, 0.25) is 5.95 Å². The Balaban J connectivity index is 1.85. The van der Waals surface area contributed by atoms with E-state index in [1.54, 1.807) is 6.92 Å². The van der Waals surface area contributed by atoms with Crippen molar-refractivity contribution in [3.8, 4) is 0 Å². The molecule has 0 spiro atoms. The zero-order valence-electron chi connectivity index (χ0n) is 12.4. The molecule has 2 rings (SSSR count). The fraction of sp³-hybridized carbons (Fsp3) is 0.429. The van der Waals surface area contributed by atoms with E-state index in [0.717, 1.165) is 24.4 Å². The number of nitrogens with one attached hydrogen (secondary N) is 1. The van der Waals surface area contributed by atoms with Gasteiger partial charge in [0.1, 0.15) is 0 Å². The van der Waals surface area contributed by atoms with Crippen molar-refractivity contribution < 1.29 is 9.90 Å². The maximum absolute atomic E-state index is 10.9. The van der Waals surface area contributed by atoms with Crippen LogP contribution < -0.4 is 5.32 Å². The average molecular weight is 289 g/mol. The van der Waals surface area contributed by atoms with E-state index in [-0.39, 0.29) is 5.56 Å². The third kappa shape index (κ3) is 3.77. The third-order valence-corrected chi connectivity index (χ3v) is 3.14. The Bertz CT molecular complexity index is 651. The number of rotatable bonds is 6. The molecule has 0 saturated carbocycles. The normalized spacial score (nSPS) is 10.6. The molecule has 7 nitrogen and oxygen atoms in total. The summed E-state index contributed by atoms with van der Waals surface area (Å²) in [6.45, 7) is 7.18. The van der Waals surface area contributed by atoms with Crippen LogP contribution in [0.15, 0.2) is 12.3 Å². The Morgan fingerprint density at radius 1 is 1.38 bits per heavy atom. The van der Waals surface area contributed by atoms with E-state index in [9.17, 15) is 4.79 Å². The molecule has 112 valence electrons. The van der Waals surface area contributed by atoms with Crippen molar-refractivity contribution in [1.29, 1.82) is 0 Å². The van der Waals surface area contributed by atoms with Gasteiger partial charge in [-0.15, -0.1) is 0 Å². The van der Waals surface area contributed by atoms with Gasteiger partial charge in [-0.05, 0) is 33.3 Å². The second-order valence-corrected chi connectivity index (χ2v) is 4.93. The lowest BCUT2D eigenvalue weighted by Gasteiger charge is -2.07. The van der Waals surface area contributed by atoms with Crippen molar-refractivity contribution >= 4 is 11.9 Å². The second-order valence-electron chi connectivity index (χ2n) is 4.93. The summed E-state index contributed by atoms with van der Waals surface area (Å²) in [5, 5.41) is 16.4. The molecule has 7 heteroatoms. The van der Waals surface area contributed by atoms with E-state index < -0.39 is 5.97 Å². The molecule has 0 radical (unpaired) electrons. The summed E-state index contributed by atoms with van der Waals surface area (Å²) >= 11 is 0. The van der Waals surface area contributed by atoms with Crippen LogP contribution in [0.4, 0.5) is 5.95 Å². The summed E-state index contributed by atoms with van der Waals surface area (Å²) in [4.78, 5) is 19.0. The van der Waals surface area contributed by atoms with Crippen LogP contribution in [0.5, 0.6) is 0 Å². The minimum atomic E-state index is -1.01. The lowest BCUT2D eigenvalue weighted by molar-refractivity contribution is 0.0695. The van der Waals surface area contributed by atoms with Gasteiger partial charge in [-0.1, -0.05) is 0 Å². The number of aromatic carboxylic acids is 1. The van der Waals surface area contributed by atoms with Gasteiger partial charge in [0.05, 0.1) is 17.0 Å². The highest BCUT2D eigenvalue weighted by Crippen LogP contribution is 2.07. The first-order valence-electron chi connectivity index (χ1n) is 6.79. The fourth-order valence-electron chi connectivity index (χ4n) is 2.09. The maximum Gasteiger partial charge on any atom is 0.339 e. The van der Waals surface area contributed by atoms with Gasteiger partial charge in [-0.25, -0.2) is 14.8 Å². The third-order valence-electron chi connectivity index (χ3n) is 3.14. The predicted octanol–water partition coefficient (Wildman–Crippen LogP) is 1.80. The molecule has 2 N–H and O–H groups in total. The van der Waals surface area contributed by atoms with Crippen molar-refractivity contribution in [1.82, 2.24) is 19.7 Å². The number of aromatic nitrogens is 4. The fourth-order valence-corrected chi connectivity index (χ4v) is 2.09. The summed E-state index contributed by atoms with van der Waals surface area (Å²) in [5.41, 5.74) is 2.75. The lowest BCUT2D eigenvalue weighted by atomic mass is 10.2. The zero-order valence-corrected chi connectivity index (χ0v) is 12.4. The molecular weight excluding hydrogens is 270 g/mol. The standard InChI is InChI=1S/C14H19N5O2/c1-9-7-10(2)19(18-9)6-4-5-15-14-16-8-12(13(20)21)11(3)17-14/h7-8H,4-6H2,1-3H3,(H,20,21)(H,15,16,17). The number of carboxylic acids is 1. The van der Waals surface area contributed by atoms with Crippen molar-refractivity contribution in [2.45, 2.75) is 33.7 Å². The van der Waals surface area contributed by atoms with Crippen LogP contribution in [-0.4, -0.2) is 37.4 Å². The Morgan fingerprint density at radius 2 is 2.14 bits per heavy atom. The topological polar surface area (TPSA) is 92.9 Å². The van der Waals surface area contributed by atoms with Crippen molar-refractivity contribution in [3.63, 3.8) is 0 Å². The Hall–Kier alpha value is -2.44. The monoisotopic (exact) mass is 289 g/mol. The van der Waals surface area contributed by atoms with Crippen LogP contribution in [0, 0.1) is 20.8 Å². The first kappa shape index (κ1) is 15.0. The Labute approximate surface area is 123 Å². The molecule has 0 aliphatic carbocycles. The molecule has 0 amide bonds. The van der Waals surface area contributed by atoms with Gasteiger partial charge in [-0.2, -0.15) is 5.10 Å². The first-order chi connectivity index (χ1) is 9.97. The number of aryl methyl sites for hydroxylation is 4. The van der Waals surface area contributed by atoms with Gasteiger partial charge >= 0.3 is 5.97 Å². The molecule has 0 aliphatic heterocycles. The molecular formula is C14H19N5O2. The summed E-state index contributed by atoms with van der Waals surface area (Å²) in [6, 6.07) is 2.05. The highest BCUT2D eigenvalue weighted by atomic mass is 16.4. The molecule has 21 heavy (non-hydrogen) atoms. The smallest absolute Gasteiger partial charge is 0.339 e. The number of hydrogen-bond acceptors (Lipinski definition) is 5. The number of nitrogens with zero attached hydrogens (tertiary/aromatic N) is 4. The lowest BCUT2D eigenvalue weighted by Crippen LogP contribution is -2.12. The van der Waals surface area contributed by atoms with Crippen LogP contribution in [0.25, 0.3) is 0 Å². The summed E-state index contributed by atoms with van der Waals surface area (Å²) in [5.74, 6) is -0.561. The van der Waals surface area contributed by atoms with Gasteiger partial charge in [0.25, 0.3) is 0 Å². The minimum Gasteiger partial charge on any atom is -0.478 e. The molecule has 2 aromatic heterocycles. The second kappa shape index (κ2) is 6.34. The molecule has 0 fully saturated rings. The van der Waals surface area contributed by atoms with E-state index in [4.69, 9.17) is 5.11 Å². The minimum absolute atomic E-state index is 0.128. The quantitative estimate of drug-likeness (QED) is 0.788. The predicted molar refractivity (Wildman–Crippen MR) is 78.5 cm³/mol. The van der Waals surface area contributed by atoms with Gasteiger partial charge in [0.15, 0.2) is 0 Å². The highest BCUT2D eigenvalue weighted by Gasteiger charge is 2.09. The molecule has 0 atom stereocenters. The molecule has 0 saturated heterocycles. The SMILES string of the molecule is Cc1cc(C)n(CCCNc2ncc(C(=O)O)c(C)n2)n1. The molecule has 0 aromatic carbocycles. The largest absolute Gasteiger partial charge is 0.478 e. The first-order valence-corrected chi connectivity index (χ1v) is 6.79. The van der Waals surface area contributed by atoms with E-state index in [0.29, 0.717) is 18.2 Å². The molecule has 0 unspecified atom stereocenters. The van der Waals surface area contributed by atoms with Crippen molar-refractivity contribution in [2.75, 3.05) is 11.9 Å². The van der Waals surface area contributed by atoms with Gasteiger partial charge < -0.3 is 10.4 Å². The van der Waals surface area contributed by atoms with E-state index in [2.05, 4.69) is 20.4 Å². The highest BCUT2D eigenvalue weighted by molar-refractivity contribution is 5.88. The van der Waals surface area contributed by atoms with Crippen molar-refractivity contribution in [2.24, 2.45) is 0 Å². The molecule has 2 heterocycles. The van der Waals surface area contributed by atoms with E-state index in [1.165, 1.54) is 6.20 Å². The maximum atomic E-state index is 10.9. The number of hydrogen-bond donors (Lipinski definition) is 2. The van der Waals surface area contributed by atoms with Crippen LogP contribution in [0.1, 0.15) is 33.9 Å². The Kier molecular flexibility index (Phi) is 4.52. The van der Waals surface area contributed by atoms with Crippen LogP contribution in [0.3, 0.4) is 0 Å². The van der Waals surface area contributed by atoms with Crippen molar-refractivity contribution in [3.05, 3.63) is 34.9 Å². The van der Waals surface area contributed by atoms with E-state index >= 15 is 0 Å². The molecule has 0 bridgehead atoms. The molecule has 0 aliphatic rings. The van der Waals surface area contributed by atoms with E-state index in [1.807, 2.05) is 24.6 Å². The summed E-state index contributed by atoms with van der Waals surface area (Å²) < 4.78 is 1.97. The zero-order chi connectivity index (χ0) is 15.4. The number of carbonyl (C=O) groups is 1.